The van der Waals surface area contributed by atoms with Gasteiger partial charge >= 0.3 is 0 Å². The van der Waals surface area contributed by atoms with Crippen molar-refractivity contribution in [1.82, 2.24) is 5.43 Å². The highest BCUT2D eigenvalue weighted by Crippen LogP contribution is 2.34. The van der Waals surface area contributed by atoms with Crippen LogP contribution in [0.5, 0.6) is 11.5 Å². The van der Waals surface area contributed by atoms with Gasteiger partial charge < -0.3 is 9.84 Å². The molecule has 0 aliphatic rings. The average molecular weight is 505 g/mol. The predicted molar refractivity (Wildman–Crippen MR) is 116 cm³/mol. The third-order valence-electron chi connectivity index (χ3n) is 3.80. The number of hydrogen-bond acceptors (Lipinski definition) is 6. The van der Waals surface area contributed by atoms with Crippen LogP contribution in [0, 0.1) is 6.92 Å². The van der Waals surface area contributed by atoms with Crippen molar-refractivity contribution in [3.8, 4) is 11.5 Å². The van der Waals surface area contributed by atoms with Crippen LogP contribution in [0.15, 0.2) is 39.9 Å². The van der Waals surface area contributed by atoms with Crippen LogP contribution in [0.4, 0.5) is 5.69 Å². The number of amides is 1. The van der Waals surface area contributed by atoms with E-state index in [4.69, 9.17) is 16.3 Å². The van der Waals surface area contributed by atoms with E-state index in [1.807, 2.05) is 0 Å². The Morgan fingerprint density at radius 2 is 2.07 bits per heavy atom. The summed E-state index contributed by atoms with van der Waals surface area (Å²) in [6.07, 6.45) is 2.33. The molecule has 0 saturated carbocycles. The number of anilines is 1. The third kappa shape index (κ3) is 6.09. The molecule has 0 atom stereocenters. The molecule has 2 N–H and O–H groups in total. The Labute approximate surface area is 182 Å². The fourth-order valence-corrected chi connectivity index (χ4v) is 3.79. The lowest BCUT2D eigenvalue weighted by molar-refractivity contribution is -0.119. The van der Waals surface area contributed by atoms with Crippen LogP contribution < -0.4 is 14.5 Å². The maximum absolute atomic E-state index is 12.2. The van der Waals surface area contributed by atoms with Crippen molar-refractivity contribution in [2.75, 3.05) is 24.2 Å². The number of ether oxygens (including phenoxy) is 1. The fourth-order valence-electron chi connectivity index (χ4n) is 2.31. The van der Waals surface area contributed by atoms with Crippen molar-refractivity contribution < 1.29 is 23.1 Å². The maximum atomic E-state index is 12.2. The molecule has 0 fully saturated rings. The number of hydrazone groups is 1. The van der Waals surface area contributed by atoms with E-state index < -0.39 is 22.5 Å². The lowest BCUT2D eigenvalue weighted by Gasteiger charge is -2.21. The molecule has 0 unspecified atom stereocenters. The minimum atomic E-state index is -3.73. The average Bonchev–Trinajstić information content (AvgIpc) is 2.64. The van der Waals surface area contributed by atoms with Gasteiger partial charge in [0.15, 0.2) is 11.5 Å². The van der Waals surface area contributed by atoms with E-state index in [-0.39, 0.29) is 17.2 Å². The Morgan fingerprint density at radius 3 is 2.66 bits per heavy atom. The first-order valence-corrected chi connectivity index (χ1v) is 11.2. The maximum Gasteiger partial charge on any atom is 0.260 e. The lowest BCUT2D eigenvalue weighted by Crippen LogP contribution is -2.39. The molecule has 0 radical (unpaired) electrons. The molecule has 2 aromatic rings. The van der Waals surface area contributed by atoms with E-state index in [0.717, 1.165) is 16.1 Å². The van der Waals surface area contributed by atoms with E-state index in [1.165, 1.54) is 25.5 Å². The number of rotatable bonds is 7. The Morgan fingerprint density at radius 1 is 1.38 bits per heavy atom. The molecule has 0 bridgehead atoms. The molecule has 1 amide bonds. The van der Waals surface area contributed by atoms with E-state index in [1.54, 1.807) is 25.1 Å². The zero-order chi connectivity index (χ0) is 21.8. The van der Waals surface area contributed by atoms with Gasteiger partial charge in [0.1, 0.15) is 6.54 Å². The number of aromatic hydroxyl groups is 1. The molecular formula is C18H19BrClN3O5S. The van der Waals surface area contributed by atoms with E-state index in [2.05, 4.69) is 26.5 Å². The summed E-state index contributed by atoms with van der Waals surface area (Å²) in [5.41, 5.74) is 3.87. The first-order valence-electron chi connectivity index (χ1n) is 8.15. The van der Waals surface area contributed by atoms with Gasteiger partial charge in [-0.3, -0.25) is 9.10 Å². The summed E-state index contributed by atoms with van der Waals surface area (Å²) in [6.45, 7) is 1.31. The Bertz CT molecular complexity index is 1060. The molecule has 0 aliphatic heterocycles. The van der Waals surface area contributed by atoms with Crippen LogP contribution >= 0.6 is 27.5 Å². The summed E-state index contributed by atoms with van der Waals surface area (Å²) in [5, 5.41) is 14.0. The van der Waals surface area contributed by atoms with Crippen molar-refractivity contribution in [2.45, 2.75) is 6.92 Å². The number of nitrogens with zero attached hydrogens (tertiary/aromatic N) is 2. The molecule has 29 heavy (non-hydrogen) atoms. The van der Waals surface area contributed by atoms with Gasteiger partial charge in [0.2, 0.25) is 10.0 Å². The van der Waals surface area contributed by atoms with Gasteiger partial charge in [-0.25, -0.2) is 13.8 Å². The van der Waals surface area contributed by atoms with Crippen molar-refractivity contribution in [1.29, 1.82) is 0 Å². The first kappa shape index (κ1) is 23.0. The fraction of sp³-hybridized carbons (Fsp3) is 0.222. The van der Waals surface area contributed by atoms with E-state index in [9.17, 15) is 18.3 Å². The smallest absolute Gasteiger partial charge is 0.260 e. The number of carbonyl (C=O) groups excluding carboxylic acids is 1. The summed E-state index contributed by atoms with van der Waals surface area (Å²) >= 11 is 9.25. The molecule has 11 heteroatoms. The van der Waals surface area contributed by atoms with Crippen LogP contribution in [-0.4, -0.2) is 45.6 Å². The highest BCUT2D eigenvalue weighted by Gasteiger charge is 2.21. The SMILES string of the molecule is COc1cc(/C=N\NC(=O)CN(c2ccc(C)c(Cl)c2)S(C)(=O)=O)cc(Br)c1O. The number of sulfonamides is 1. The first-order chi connectivity index (χ1) is 13.5. The number of hydrogen-bond donors (Lipinski definition) is 2. The highest BCUT2D eigenvalue weighted by molar-refractivity contribution is 9.10. The molecular weight excluding hydrogens is 486 g/mol. The molecule has 2 rings (SSSR count). The van der Waals surface area contributed by atoms with Crippen LogP contribution in [-0.2, 0) is 14.8 Å². The monoisotopic (exact) mass is 503 g/mol. The molecule has 0 aliphatic carbocycles. The summed E-state index contributed by atoms with van der Waals surface area (Å²) in [7, 11) is -2.32. The minimum absolute atomic E-state index is 0.0609. The molecule has 0 heterocycles. The van der Waals surface area contributed by atoms with Crippen LogP contribution in [0.2, 0.25) is 5.02 Å². The van der Waals surface area contributed by atoms with Gasteiger partial charge in [-0.05, 0) is 58.2 Å². The number of benzene rings is 2. The molecule has 0 aromatic heterocycles. The van der Waals surface area contributed by atoms with Gasteiger partial charge in [-0.1, -0.05) is 17.7 Å². The third-order valence-corrected chi connectivity index (χ3v) is 5.96. The standard InChI is InChI=1S/C18H19BrClN3O5S/c1-11-4-5-13(8-15(11)20)23(29(3,26)27)10-17(24)22-21-9-12-6-14(19)18(25)16(7-12)28-2/h4-9,25H,10H2,1-3H3,(H,22,24)/b21-9-. The summed E-state index contributed by atoms with van der Waals surface area (Å²) < 4.78 is 30.6. The van der Waals surface area contributed by atoms with Crippen molar-refractivity contribution in [3.63, 3.8) is 0 Å². The minimum Gasteiger partial charge on any atom is -0.503 e. The van der Waals surface area contributed by atoms with Gasteiger partial charge in [0, 0.05) is 5.02 Å². The van der Waals surface area contributed by atoms with E-state index in [0.29, 0.717) is 15.1 Å². The van der Waals surface area contributed by atoms with Gasteiger partial charge in [-0.2, -0.15) is 5.10 Å². The molecule has 0 spiro atoms. The Hall–Kier alpha value is -2.30. The van der Waals surface area contributed by atoms with Gasteiger partial charge in [0.25, 0.3) is 5.91 Å². The van der Waals surface area contributed by atoms with Gasteiger partial charge in [-0.15, -0.1) is 0 Å². The van der Waals surface area contributed by atoms with Crippen molar-refractivity contribution in [3.05, 3.63) is 51.0 Å². The van der Waals surface area contributed by atoms with Crippen molar-refractivity contribution in [2.24, 2.45) is 5.10 Å². The number of aryl methyl sites for hydroxylation is 1. The Kier molecular flexibility index (Phi) is 7.50. The van der Waals surface area contributed by atoms with Crippen LogP contribution in [0.25, 0.3) is 0 Å². The van der Waals surface area contributed by atoms with Crippen LogP contribution in [0.1, 0.15) is 11.1 Å². The summed E-state index contributed by atoms with van der Waals surface area (Å²) in [5.74, 6) is -0.478. The van der Waals surface area contributed by atoms with E-state index >= 15 is 0 Å². The van der Waals surface area contributed by atoms with Crippen LogP contribution in [0.3, 0.4) is 0 Å². The number of halogens is 2. The normalized spacial score (nSPS) is 11.5. The highest BCUT2D eigenvalue weighted by atomic mass is 79.9. The second kappa shape index (κ2) is 9.47. The number of phenols is 1. The predicted octanol–water partition coefficient (Wildman–Crippen LogP) is 3.04. The molecule has 156 valence electrons. The molecule has 8 nitrogen and oxygen atoms in total. The second-order valence-corrected chi connectivity index (χ2v) is 9.22. The molecule has 0 saturated heterocycles. The Balaban J connectivity index is 2.14. The zero-order valence-corrected chi connectivity index (χ0v) is 19.0. The molecule has 2 aromatic carbocycles. The number of carbonyl (C=O) groups is 1. The number of methoxy groups -OCH3 is 1. The second-order valence-electron chi connectivity index (χ2n) is 6.05. The summed E-state index contributed by atoms with van der Waals surface area (Å²) in [6, 6.07) is 7.81. The van der Waals surface area contributed by atoms with Gasteiger partial charge in [0.05, 0.1) is 29.7 Å². The zero-order valence-electron chi connectivity index (χ0n) is 15.8. The number of nitrogens with one attached hydrogen (secondary N) is 1. The lowest BCUT2D eigenvalue weighted by atomic mass is 10.2. The largest absolute Gasteiger partial charge is 0.503 e. The summed E-state index contributed by atoms with van der Waals surface area (Å²) in [4.78, 5) is 12.2. The topological polar surface area (TPSA) is 108 Å². The number of phenolic OH excluding ortho intramolecular Hbond substituents is 1. The van der Waals surface area contributed by atoms with Crippen molar-refractivity contribution >= 4 is 55.4 Å². The quantitative estimate of drug-likeness (QED) is 0.445.